The van der Waals surface area contributed by atoms with Gasteiger partial charge in [-0.05, 0) is 29.8 Å². The molecule has 0 radical (unpaired) electrons. The Bertz CT molecular complexity index is 778. The molecule has 0 spiro atoms. The van der Waals surface area contributed by atoms with Gasteiger partial charge in [0.2, 0.25) is 5.91 Å². The van der Waals surface area contributed by atoms with Gasteiger partial charge in [-0.3, -0.25) is 4.79 Å². The SMILES string of the molecule is COc1ccccc1CNC(=O)/C=C/c1ccc(OC(F)F)c(OC)c1. The first-order chi connectivity index (χ1) is 12.5. The molecule has 0 unspecified atom stereocenters. The molecule has 2 aromatic rings. The van der Waals surface area contributed by atoms with Crippen molar-refractivity contribution in [3.05, 3.63) is 59.7 Å². The van der Waals surface area contributed by atoms with Crippen LogP contribution in [0.25, 0.3) is 6.08 Å². The maximum absolute atomic E-state index is 12.3. The van der Waals surface area contributed by atoms with Crippen LogP contribution < -0.4 is 19.5 Å². The molecule has 5 nitrogen and oxygen atoms in total. The maximum atomic E-state index is 12.3. The molecule has 0 heterocycles. The van der Waals surface area contributed by atoms with Gasteiger partial charge in [0, 0.05) is 18.2 Å². The van der Waals surface area contributed by atoms with Gasteiger partial charge >= 0.3 is 6.61 Å². The van der Waals surface area contributed by atoms with E-state index >= 15 is 0 Å². The van der Waals surface area contributed by atoms with Crippen LogP contribution in [-0.2, 0) is 11.3 Å². The zero-order valence-corrected chi connectivity index (χ0v) is 14.4. The first-order valence-corrected chi connectivity index (χ1v) is 7.74. The summed E-state index contributed by atoms with van der Waals surface area (Å²) in [5.41, 5.74) is 1.46. The summed E-state index contributed by atoms with van der Waals surface area (Å²) < 4.78 is 39.2. The van der Waals surface area contributed by atoms with E-state index in [0.29, 0.717) is 17.9 Å². The quantitative estimate of drug-likeness (QED) is 0.728. The molecular formula is C19H19F2NO4. The van der Waals surface area contributed by atoms with Crippen LogP contribution in [0.5, 0.6) is 17.2 Å². The minimum absolute atomic E-state index is 0.0692. The van der Waals surface area contributed by atoms with Crippen molar-refractivity contribution in [2.75, 3.05) is 14.2 Å². The van der Waals surface area contributed by atoms with E-state index in [-0.39, 0.29) is 17.4 Å². The lowest BCUT2D eigenvalue weighted by Crippen LogP contribution is -2.20. The van der Waals surface area contributed by atoms with Gasteiger partial charge in [-0.2, -0.15) is 8.78 Å². The number of para-hydroxylation sites is 1. The van der Waals surface area contributed by atoms with Crippen molar-refractivity contribution < 1.29 is 27.8 Å². The van der Waals surface area contributed by atoms with Gasteiger partial charge < -0.3 is 19.5 Å². The summed E-state index contributed by atoms with van der Waals surface area (Å²) in [4.78, 5) is 12.0. The zero-order chi connectivity index (χ0) is 18.9. The second-order valence-corrected chi connectivity index (χ2v) is 5.15. The van der Waals surface area contributed by atoms with Crippen molar-refractivity contribution in [3.63, 3.8) is 0 Å². The molecule has 0 atom stereocenters. The Labute approximate surface area is 150 Å². The standard InChI is InChI=1S/C19H19F2NO4/c1-24-15-6-4-3-5-14(15)12-22-18(23)10-8-13-7-9-16(26-19(20)21)17(11-13)25-2/h3-11,19H,12H2,1-2H3,(H,22,23)/b10-8+. The fourth-order valence-corrected chi connectivity index (χ4v) is 2.24. The number of carbonyl (C=O) groups is 1. The van der Waals surface area contributed by atoms with E-state index < -0.39 is 6.61 Å². The Morgan fingerprint density at radius 1 is 1.08 bits per heavy atom. The predicted molar refractivity (Wildman–Crippen MR) is 93.5 cm³/mol. The third-order valence-corrected chi connectivity index (χ3v) is 3.48. The summed E-state index contributed by atoms with van der Waals surface area (Å²) in [5, 5.41) is 2.75. The van der Waals surface area contributed by atoms with Crippen molar-refractivity contribution in [3.8, 4) is 17.2 Å². The van der Waals surface area contributed by atoms with Crippen molar-refractivity contribution in [1.82, 2.24) is 5.32 Å². The molecule has 1 amide bonds. The lowest BCUT2D eigenvalue weighted by atomic mass is 10.2. The Morgan fingerprint density at radius 2 is 1.81 bits per heavy atom. The molecule has 0 fully saturated rings. The smallest absolute Gasteiger partial charge is 0.387 e. The molecule has 0 aliphatic carbocycles. The van der Waals surface area contributed by atoms with Gasteiger partial charge in [0.15, 0.2) is 11.5 Å². The van der Waals surface area contributed by atoms with Gasteiger partial charge in [0.25, 0.3) is 0 Å². The minimum atomic E-state index is -2.94. The van der Waals surface area contributed by atoms with E-state index in [1.54, 1.807) is 19.3 Å². The van der Waals surface area contributed by atoms with Gasteiger partial charge in [0.05, 0.1) is 14.2 Å². The lowest BCUT2D eigenvalue weighted by Gasteiger charge is -2.10. The number of carbonyl (C=O) groups excluding carboxylic acids is 1. The average Bonchev–Trinajstić information content (AvgIpc) is 2.65. The lowest BCUT2D eigenvalue weighted by molar-refractivity contribution is -0.116. The number of hydrogen-bond acceptors (Lipinski definition) is 4. The van der Waals surface area contributed by atoms with E-state index in [4.69, 9.17) is 9.47 Å². The molecule has 0 saturated heterocycles. The number of nitrogens with one attached hydrogen (secondary N) is 1. The molecule has 7 heteroatoms. The number of amides is 1. The van der Waals surface area contributed by atoms with Crippen LogP contribution in [0.3, 0.4) is 0 Å². The summed E-state index contributed by atoms with van der Waals surface area (Å²) in [6, 6.07) is 11.8. The molecule has 1 N–H and O–H groups in total. The van der Waals surface area contributed by atoms with Crippen molar-refractivity contribution in [1.29, 1.82) is 0 Å². The molecule has 2 aromatic carbocycles. The summed E-state index contributed by atoms with van der Waals surface area (Å²) in [6.45, 7) is -2.62. The number of hydrogen-bond donors (Lipinski definition) is 1. The summed E-state index contributed by atoms with van der Waals surface area (Å²) in [6.07, 6.45) is 2.89. The fourth-order valence-electron chi connectivity index (χ4n) is 2.24. The first kappa shape index (κ1) is 19.2. The molecular weight excluding hydrogens is 344 g/mol. The van der Waals surface area contributed by atoms with Crippen LogP contribution in [0.1, 0.15) is 11.1 Å². The highest BCUT2D eigenvalue weighted by molar-refractivity contribution is 5.91. The number of alkyl halides is 2. The predicted octanol–water partition coefficient (Wildman–Crippen LogP) is 3.63. The number of methoxy groups -OCH3 is 2. The van der Waals surface area contributed by atoms with Gasteiger partial charge in [-0.1, -0.05) is 24.3 Å². The highest BCUT2D eigenvalue weighted by Gasteiger charge is 2.10. The molecule has 0 saturated carbocycles. The summed E-state index contributed by atoms with van der Waals surface area (Å²) >= 11 is 0. The van der Waals surface area contributed by atoms with Crippen LogP contribution >= 0.6 is 0 Å². The van der Waals surface area contributed by atoms with E-state index in [0.717, 1.165) is 5.56 Å². The fraction of sp³-hybridized carbons (Fsp3) is 0.211. The Hall–Kier alpha value is -3.09. The number of benzene rings is 2. The Balaban J connectivity index is 1.99. The monoisotopic (exact) mass is 363 g/mol. The molecule has 0 aliphatic rings. The van der Waals surface area contributed by atoms with Crippen LogP contribution in [0.15, 0.2) is 48.5 Å². The van der Waals surface area contributed by atoms with E-state index in [1.807, 2.05) is 24.3 Å². The highest BCUT2D eigenvalue weighted by Crippen LogP contribution is 2.29. The van der Waals surface area contributed by atoms with Crippen LogP contribution in [0.2, 0.25) is 0 Å². The topological polar surface area (TPSA) is 56.8 Å². The van der Waals surface area contributed by atoms with E-state index in [1.165, 1.54) is 25.3 Å². The average molecular weight is 363 g/mol. The van der Waals surface area contributed by atoms with Gasteiger partial charge in [-0.25, -0.2) is 0 Å². The molecule has 0 bridgehead atoms. The highest BCUT2D eigenvalue weighted by atomic mass is 19.3. The maximum Gasteiger partial charge on any atom is 0.387 e. The second kappa shape index (κ2) is 9.41. The van der Waals surface area contributed by atoms with Gasteiger partial charge in [-0.15, -0.1) is 0 Å². The van der Waals surface area contributed by atoms with Crippen LogP contribution in [0.4, 0.5) is 8.78 Å². The van der Waals surface area contributed by atoms with Crippen molar-refractivity contribution in [2.24, 2.45) is 0 Å². The van der Waals surface area contributed by atoms with Crippen molar-refractivity contribution >= 4 is 12.0 Å². The molecule has 26 heavy (non-hydrogen) atoms. The third kappa shape index (κ3) is 5.47. The normalized spacial score (nSPS) is 10.8. The molecule has 2 rings (SSSR count). The van der Waals surface area contributed by atoms with Crippen LogP contribution in [0, 0.1) is 0 Å². The molecule has 0 aromatic heterocycles. The zero-order valence-electron chi connectivity index (χ0n) is 14.4. The number of rotatable bonds is 8. The van der Waals surface area contributed by atoms with E-state index in [2.05, 4.69) is 10.1 Å². The molecule has 138 valence electrons. The Morgan fingerprint density at radius 3 is 2.50 bits per heavy atom. The number of halogens is 2. The summed E-state index contributed by atoms with van der Waals surface area (Å²) in [5.74, 6) is 0.473. The minimum Gasteiger partial charge on any atom is -0.496 e. The second-order valence-electron chi connectivity index (χ2n) is 5.15. The Kier molecular flexibility index (Phi) is 6.96. The van der Waals surface area contributed by atoms with Gasteiger partial charge in [0.1, 0.15) is 5.75 Å². The summed E-state index contributed by atoms with van der Waals surface area (Å²) in [7, 11) is 2.91. The third-order valence-electron chi connectivity index (χ3n) is 3.48. The first-order valence-electron chi connectivity index (χ1n) is 7.74. The molecule has 0 aliphatic heterocycles. The number of ether oxygens (including phenoxy) is 3. The van der Waals surface area contributed by atoms with Crippen LogP contribution in [-0.4, -0.2) is 26.7 Å². The van der Waals surface area contributed by atoms with Crippen molar-refractivity contribution in [2.45, 2.75) is 13.2 Å². The van der Waals surface area contributed by atoms with E-state index in [9.17, 15) is 13.6 Å². The largest absolute Gasteiger partial charge is 0.496 e.